The van der Waals surface area contributed by atoms with Gasteiger partial charge in [0.15, 0.2) is 0 Å². The number of phosphoric ester groups is 1. The van der Waals surface area contributed by atoms with Crippen LogP contribution in [-0.2, 0) is 9.09 Å². The average molecular weight is 170 g/mol. The molecule has 0 amide bonds. The van der Waals surface area contributed by atoms with Crippen LogP contribution < -0.4 is 9.79 Å². The predicted octanol–water partition coefficient (Wildman–Crippen LogP) is -2.82. The monoisotopic (exact) mass is 170 g/mol. The van der Waals surface area contributed by atoms with Crippen molar-refractivity contribution in [3.8, 4) is 0 Å². The molecule has 0 aliphatic carbocycles. The summed E-state index contributed by atoms with van der Waals surface area (Å²) in [6.45, 7) is -1.33. The minimum Gasteiger partial charge on any atom is -0.790 e. The van der Waals surface area contributed by atoms with Crippen LogP contribution in [0.15, 0.2) is 0 Å². The van der Waals surface area contributed by atoms with Gasteiger partial charge in [0, 0.05) is 0 Å². The van der Waals surface area contributed by atoms with Crippen LogP contribution >= 0.6 is 7.82 Å². The molecule has 0 aromatic heterocycles. The Morgan fingerprint density at radius 3 is 2.40 bits per heavy atom. The molecule has 0 rings (SSSR count). The van der Waals surface area contributed by atoms with Crippen molar-refractivity contribution in [3.05, 3.63) is 0 Å². The Morgan fingerprint density at radius 2 is 2.10 bits per heavy atom. The summed E-state index contributed by atoms with van der Waals surface area (Å²) in [5.74, 6) is 0. The molecule has 0 aromatic carbocycles. The van der Waals surface area contributed by atoms with E-state index in [4.69, 9.17) is 10.2 Å². The van der Waals surface area contributed by atoms with Gasteiger partial charge in [0.25, 0.3) is 0 Å². The topological polar surface area (TPSA) is 113 Å². The first kappa shape index (κ1) is 10.0. The summed E-state index contributed by atoms with van der Waals surface area (Å²) in [6.07, 6.45) is -1.32. The number of aliphatic hydroxyl groups excluding tert-OH is 2. The Morgan fingerprint density at radius 1 is 1.60 bits per heavy atom. The predicted molar refractivity (Wildman–Crippen MR) is 26.7 cm³/mol. The summed E-state index contributed by atoms with van der Waals surface area (Å²) in [5.41, 5.74) is 0. The molecule has 0 fully saturated rings. The molecule has 0 radical (unpaired) electrons. The summed E-state index contributed by atoms with van der Waals surface area (Å²) >= 11 is 0. The first-order valence-electron chi connectivity index (χ1n) is 2.41. The summed E-state index contributed by atoms with van der Waals surface area (Å²) in [7, 11) is -5.00. The number of rotatable bonds is 4. The molecule has 0 saturated heterocycles. The standard InChI is InChI=1S/C3H9O6P/c4-1-3(5)2-9-10(6,7)8/h3-5H,1-2H2,(H2,6,7,8)/p-2/t3-/m0/s1. The SMILES string of the molecule is O=P([O-])([O-])OC[C@@H](O)CO. The van der Waals surface area contributed by atoms with E-state index in [0.29, 0.717) is 0 Å². The zero-order valence-corrected chi connectivity index (χ0v) is 5.86. The van der Waals surface area contributed by atoms with E-state index in [0.717, 1.165) is 0 Å². The van der Waals surface area contributed by atoms with E-state index in [1.807, 2.05) is 0 Å². The fourth-order valence-electron chi connectivity index (χ4n) is 0.230. The number of phosphoric acid groups is 1. The highest BCUT2D eigenvalue weighted by Gasteiger charge is 2.01. The van der Waals surface area contributed by atoms with Crippen molar-refractivity contribution in [1.82, 2.24) is 0 Å². The second kappa shape index (κ2) is 4.02. The number of aliphatic hydroxyl groups is 2. The largest absolute Gasteiger partial charge is 0.790 e. The van der Waals surface area contributed by atoms with Crippen LogP contribution in [0.5, 0.6) is 0 Å². The first-order valence-corrected chi connectivity index (χ1v) is 3.87. The van der Waals surface area contributed by atoms with Crippen molar-refractivity contribution in [2.75, 3.05) is 13.2 Å². The van der Waals surface area contributed by atoms with Crippen LogP contribution in [0.4, 0.5) is 0 Å². The van der Waals surface area contributed by atoms with Gasteiger partial charge in [-0.3, -0.25) is 0 Å². The minimum atomic E-state index is -5.00. The molecule has 0 aliphatic heterocycles. The fourth-order valence-corrected chi connectivity index (χ4v) is 0.585. The smallest absolute Gasteiger partial charge is 0.101 e. The van der Waals surface area contributed by atoms with Crippen molar-refractivity contribution in [1.29, 1.82) is 0 Å². The van der Waals surface area contributed by atoms with E-state index in [9.17, 15) is 14.4 Å². The second-order valence-corrected chi connectivity index (χ2v) is 2.73. The van der Waals surface area contributed by atoms with Gasteiger partial charge in [0.05, 0.1) is 21.0 Å². The van der Waals surface area contributed by atoms with Crippen LogP contribution in [0.1, 0.15) is 0 Å². The van der Waals surface area contributed by atoms with Gasteiger partial charge in [-0.05, 0) is 0 Å². The molecule has 0 aliphatic rings. The van der Waals surface area contributed by atoms with Gasteiger partial charge in [0.2, 0.25) is 0 Å². The van der Waals surface area contributed by atoms with Crippen molar-refractivity contribution in [2.24, 2.45) is 0 Å². The average Bonchev–Trinajstić information content (AvgIpc) is 1.81. The fraction of sp³-hybridized carbons (Fsp3) is 1.00. The third-order valence-corrected chi connectivity index (χ3v) is 1.10. The highest BCUT2D eigenvalue weighted by Crippen LogP contribution is 2.24. The molecule has 10 heavy (non-hydrogen) atoms. The highest BCUT2D eigenvalue weighted by molar-refractivity contribution is 7.43. The van der Waals surface area contributed by atoms with Gasteiger partial charge in [0.1, 0.15) is 6.10 Å². The Balaban J connectivity index is 3.46. The third kappa shape index (κ3) is 6.15. The van der Waals surface area contributed by atoms with Crippen LogP contribution in [-0.4, -0.2) is 29.5 Å². The first-order chi connectivity index (χ1) is 4.45. The molecule has 6 nitrogen and oxygen atoms in total. The van der Waals surface area contributed by atoms with E-state index >= 15 is 0 Å². The van der Waals surface area contributed by atoms with E-state index in [2.05, 4.69) is 4.52 Å². The normalized spacial score (nSPS) is 15.2. The van der Waals surface area contributed by atoms with Gasteiger partial charge < -0.3 is 29.1 Å². The third-order valence-electron chi connectivity index (χ3n) is 0.636. The van der Waals surface area contributed by atoms with Crippen LogP contribution in [0.25, 0.3) is 0 Å². The molecule has 0 heterocycles. The minimum absolute atomic E-state index is 0.639. The Bertz CT molecular complexity index is 129. The van der Waals surface area contributed by atoms with E-state index in [1.165, 1.54) is 0 Å². The number of hydrogen-bond donors (Lipinski definition) is 2. The van der Waals surface area contributed by atoms with Gasteiger partial charge in [-0.25, -0.2) is 0 Å². The molecule has 0 unspecified atom stereocenters. The quantitative estimate of drug-likeness (QED) is 0.440. The Hall–Kier alpha value is 0.0300. The lowest BCUT2D eigenvalue weighted by atomic mass is 10.4. The van der Waals surface area contributed by atoms with Gasteiger partial charge in [-0.2, -0.15) is 0 Å². The molecule has 0 spiro atoms. The molecule has 2 N–H and O–H groups in total. The maximum atomic E-state index is 9.71. The van der Waals surface area contributed by atoms with Crippen molar-refractivity contribution in [2.45, 2.75) is 6.10 Å². The Labute approximate surface area is 57.3 Å². The lowest BCUT2D eigenvalue weighted by molar-refractivity contribution is -0.342. The molecule has 0 aromatic rings. The molecular formula is C3H7O6P-2. The molecule has 62 valence electrons. The van der Waals surface area contributed by atoms with E-state index in [-0.39, 0.29) is 0 Å². The zero-order valence-electron chi connectivity index (χ0n) is 4.97. The van der Waals surface area contributed by atoms with Crippen molar-refractivity contribution >= 4 is 7.82 Å². The highest BCUT2D eigenvalue weighted by atomic mass is 31.2. The zero-order chi connectivity index (χ0) is 8.20. The summed E-state index contributed by atoms with van der Waals surface area (Å²) in [5, 5.41) is 16.6. The Kier molecular flexibility index (Phi) is 4.04. The summed E-state index contributed by atoms with van der Waals surface area (Å²) in [6, 6.07) is 0. The number of hydrogen-bond acceptors (Lipinski definition) is 6. The molecule has 7 heteroatoms. The van der Waals surface area contributed by atoms with Gasteiger partial charge in [-0.1, -0.05) is 0 Å². The molecule has 0 saturated carbocycles. The lowest BCUT2D eigenvalue weighted by Crippen LogP contribution is -2.24. The van der Waals surface area contributed by atoms with Crippen molar-refractivity contribution < 1.29 is 29.1 Å². The lowest BCUT2D eigenvalue weighted by Gasteiger charge is -2.29. The van der Waals surface area contributed by atoms with E-state index in [1.54, 1.807) is 0 Å². The van der Waals surface area contributed by atoms with E-state index < -0.39 is 27.1 Å². The maximum Gasteiger partial charge on any atom is 0.101 e. The molecule has 0 bridgehead atoms. The molecular weight excluding hydrogens is 163 g/mol. The second-order valence-electron chi connectivity index (χ2n) is 1.58. The van der Waals surface area contributed by atoms with Crippen LogP contribution in [0, 0.1) is 0 Å². The van der Waals surface area contributed by atoms with Crippen molar-refractivity contribution in [3.63, 3.8) is 0 Å². The van der Waals surface area contributed by atoms with Gasteiger partial charge >= 0.3 is 0 Å². The van der Waals surface area contributed by atoms with Gasteiger partial charge in [-0.15, -0.1) is 0 Å². The maximum absolute atomic E-state index is 9.71. The van der Waals surface area contributed by atoms with Crippen LogP contribution in [0.2, 0.25) is 0 Å². The van der Waals surface area contributed by atoms with Crippen LogP contribution in [0.3, 0.4) is 0 Å². The summed E-state index contributed by atoms with van der Waals surface area (Å²) < 4.78 is 13.3. The summed E-state index contributed by atoms with van der Waals surface area (Å²) in [4.78, 5) is 19.4. The molecule has 1 atom stereocenters.